The van der Waals surface area contributed by atoms with E-state index in [-0.39, 0.29) is 12.1 Å². The van der Waals surface area contributed by atoms with Crippen molar-refractivity contribution in [3.63, 3.8) is 0 Å². The second kappa shape index (κ2) is 1.98. The predicted molar refractivity (Wildman–Crippen MR) is 24.6 cm³/mol. The Bertz CT molecular complexity index is 191. The van der Waals surface area contributed by atoms with Crippen LogP contribution >= 0.6 is 0 Å². The van der Waals surface area contributed by atoms with Gasteiger partial charge in [-0.2, -0.15) is 0 Å². The molecule has 0 radical (unpaired) electrons. The molecule has 0 spiro atoms. The summed E-state index contributed by atoms with van der Waals surface area (Å²) in [6.45, 7) is -2.45. The molecular formula is C5H8O. The van der Waals surface area contributed by atoms with Crippen molar-refractivity contribution in [2.24, 2.45) is 0 Å². The summed E-state index contributed by atoms with van der Waals surface area (Å²) >= 11 is 0. The zero-order valence-corrected chi connectivity index (χ0v) is 3.14. The molecule has 34 valence electrons. The molecule has 1 nitrogen and oxygen atoms in total. The number of ether oxygens (including phenoxy) is 1. The number of rotatable bonds is 0. The van der Waals surface area contributed by atoms with Crippen molar-refractivity contribution in [1.29, 1.82) is 0 Å². The van der Waals surface area contributed by atoms with Crippen molar-refractivity contribution in [2.75, 3.05) is 13.2 Å². The van der Waals surface area contributed by atoms with Crippen molar-refractivity contribution in [3.8, 4) is 0 Å². The van der Waals surface area contributed by atoms with Crippen LogP contribution in [0.4, 0.5) is 0 Å². The molecule has 0 N–H and O–H groups in total. The predicted octanol–water partition coefficient (Wildman–Crippen LogP) is 0.963. The third kappa shape index (κ3) is 0.830. The SMILES string of the molecule is [2H]C1=C([2H])C([2H])C([2H])OC1[2H]. The largest absolute Gasteiger partial charge is 0.377 e. The summed E-state index contributed by atoms with van der Waals surface area (Å²) in [6.07, 6.45) is -1.14. The van der Waals surface area contributed by atoms with E-state index >= 15 is 0 Å². The lowest BCUT2D eigenvalue weighted by atomic mass is 10.3. The highest BCUT2D eigenvalue weighted by Gasteiger charge is 1.85. The molecule has 0 aromatic rings. The van der Waals surface area contributed by atoms with Crippen LogP contribution in [0, 0.1) is 0 Å². The summed E-state index contributed by atoms with van der Waals surface area (Å²) in [5, 5.41) is 0. The van der Waals surface area contributed by atoms with E-state index in [4.69, 9.17) is 6.85 Å². The van der Waals surface area contributed by atoms with Crippen LogP contribution < -0.4 is 0 Å². The van der Waals surface area contributed by atoms with Crippen molar-refractivity contribution < 1.29 is 11.6 Å². The first kappa shape index (κ1) is 1.10. The minimum absolute atomic E-state index is 0.281. The van der Waals surface area contributed by atoms with Crippen molar-refractivity contribution >= 4 is 0 Å². The molecule has 1 heterocycles. The molecule has 0 bridgehead atoms. The average Bonchev–Trinajstić information content (AvgIpc) is 1.97. The molecule has 0 amide bonds. The van der Waals surface area contributed by atoms with Crippen molar-refractivity contribution in [3.05, 3.63) is 12.1 Å². The summed E-state index contributed by atoms with van der Waals surface area (Å²) in [4.78, 5) is 0. The molecule has 1 heteroatoms. The topological polar surface area (TPSA) is 9.23 Å². The van der Waals surface area contributed by atoms with Crippen molar-refractivity contribution in [1.82, 2.24) is 0 Å². The number of hydrogen-bond acceptors (Lipinski definition) is 1. The van der Waals surface area contributed by atoms with E-state index in [2.05, 4.69) is 4.74 Å². The first-order valence-electron chi connectivity index (χ1n) is 4.36. The maximum absolute atomic E-state index is 7.14. The molecule has 0 saturated carbocycles. The first-order chi connectivity index (χ1) is 5.04. The van der Waals surface area contributed by atoms with E-state index in [9.17, 15) is 0 Å². The van der Waals surface area contributed by atoms with Gasteiger partial charge in [-0.1, -0.05) is 12.1 Å². The van der Waals surface area contributed by atoms with E-state index in [0.717, 1.165) is 0 Å². The molecule has 0 saturated heterocycles. The normalized spacial score (nSPS) is 73.3. The lowest BCUT2D eigenvalue weighted by Gasteiger charge is -2.00. The fourth-order valence-electron chi connectivity index (χ4n) is 0.229. The smallest absolute Gasteiger partial charge is 0.0647 e. The summed E-state index contributed by atoms with van der Waals surface area (Å²) in [6, 6.07) is -0.593. The molecule has 1 rings (SSSR count). The molecule has 0 aromatic heterocycles. The van der Waals surface area contributed by atoms with Crippen LogP contribution in [0.25, 0.3) is 0 Å². The Balaban J connectivity index is 2.89. The lowest BCUT2D eigenvalue weighted by molar-refractivity contribution is 0.158. The van der Waals surface area contributed by atoms with E-state index < -0.39 is 19.6 Å². The maximum atomic E-state index is 7.14. The van der Waals surface area contributed by atoms with Crippen LogP contribution in [-0.4, -0.2) is 13.2 Å². The van der Waals surface area contributed by atoms with E-state index in [1.54, 1.807) is 0 Å². The fourth-order valence-corrected chi connectivity index (χ4v) is 0.229. The average molecular weight is 89.1 g/mol. The molecule has 0 aliphatic carbocycles. The summed E-state index contributed by atoms with van der Waals surface area (Å²) < 4.78 is 40.0. The molecule has 0 aromatic carbocycles. The van der Waals surface area contributed by atoms with Gasteiger partial charge in [0.2, 0.25) is 0 Å². The van der Waals surface area contributed by atoms with Gasteiger partial charge in [0.25, 0.3) is 0 Å². The molecule has 3 unspecified atom stereocenters. The Labute approximate surface area is 44.6 Å². The van der Waals surface area contributed by atoms with Gasteiger partial charge in [0.05, 0.1) is 18.6 Å². The molecule has 6 heavy (non-hydrogen) atoms. The first-order valence-corrected chi connectivity index (χ1v) is 1.63. The maximum Gasteiger partial charge on any atom is 0.0647 e. The van der Waals surface area contributed by atoms with Crippen LogP contribution in [0.3, 0.4) is 0 Å². The van der Waals surface area contributed by atoms with Gasteiger partial charge in [0.15, 0.2) is 0 Å². The van der Waals surface area contributed by atoms with E-state index in [1.807, 2.05) is 0 Å². The minimum atomic E-state index is -1.26. The van der Waals surface area contributed by atoms with Gasteiger partial charge < -0.3 is 4.74 Å². The van der Waals surface area contributed by atoms with Gasteiger partial charge in [0, 0.05) is 1.37 Å². The van der Waals surface area contributed by atoms with E-state index in [1.165, 1.54) is 0 Å². The Kier molecular flexibility index (Phi) is 0.363. The fraction of sp³-hybridized carbons (Fsp3) is 0.600. The monoisotopic (exact) mass is 89.1 g/mol. The Hall–Kier alpha value is -0.300. The minimum Gasteiger partial charge on any atom is -0.377 e. The second-order valence-electron chi connectivity index (χ2n) is 0.845. The van der Waals surface area contributed by atoms with Crippen LogP contribution in [-0.2, 0) is 4.74 Å². The standard InChI is InChI=1S/C5H8O/c1-2-4-6-5-3-1/h1-2H,3-5H2/i1D,2D,3D,4D,5D. The van der Waals surface area contributed by atoms with E-state index in [0.29, 0.717) is 0 Å². The summed E-state index contributed by atoms with van der Waals surface area (Å²) in [7, 11) is 0. The zero-order chi connectivity index (χ0) is 8.59. The highest BCUT2D eigenvalue weighted by molar-refractivity contribution is 4.84. The third-order valence-electron chi connectivity index (χ3n) is 0.440. The Morgan fingerprint density at radius 2 is 2.83 bits per heavy atom. The van der Waals surface area contributed by atoms with Gasteiger partial charge in [-0.25, -0.2) is 0 Å². The van der Waals surface area contributed by atoms with Gasteiger partial charge in [-0.15, -0.1) is 0 Å². The Morgan fingerprint density at radius 3 is 3.83 bits per heavy atom. The molecular weight excluding hydrogens is 76.1 g/mol. The summed E-state index contributed by atoms with van der Waals surface area (Å²) in [5.41, 5.74) is 0. The van der Waals surface area contributed by atoms with Gasteiger partial charge in [-0.05, 0) is 6.40 Å². The van der Waals surface area contributed by atoms with Gasteiger partial charge in [0.1, 0.15) is 0 Å². The van der Waals surface area contributed by atoms with Crippen LogP contribution in [0.5, 0.6) is 0 Å². The highest BCUT2D eigenvalue weighted by Crippen LogP contribution is 1.91. The quantitative estimate of drug-likeness (QED) is 0.402. The van der Waals surface area contributed by atoms with Gasteiger partial charge >= 0.3 is 0 Å². The lowest BCUT2D eigenvalue weighted by Crippen LogP contribution is -1.96. The summed E-state index contributed by atoms with van der Waals surface area (Å²) in [5.74, 6) is 0. The number of hydrogen-bond donors (Lipinski definition) is 0. The van der Waals surface area contributed by atoms with Crippen LogP contribution in [0.15, 0.2) is 12.1 Å². The third-order valence-corrected chi connectivity index (χ3v) is 0.440. The molecule has 0 fully saturated rings. The van der Waals surface area contributed by atoms with Gasteiger partial charge in [-0.3, -0.25) is 0 Å². The highest BCUT2D eigenvalue weighted by atomic mass is 16.5. The molecule has 1 aliphatic heterocycles. The molecule has 1 aliphatic rings. The van der Waals surface area contributed by atoms with Crippen molar-refractivity contribution in [2.45, 2.75) is 6.40 Å². The zero-order valence-electron chi connectivity index (χ0n) is 8.14. The molecule has 3 atom stereocenters. The van der Waals surface area contributed by atoms with Crippen LogP contribution in [0.2, 0.25) is 0 Å². The second-order valence-corrected chi connectivity index (χ2v) is 0.845. The Morgan fingerprint density at radius 1 is 1.83 bits per heavy atom. The van der Waals surface area contributed by atoms with Crippen LogP contribution in [0.1, 0.15) is 13.3 Å².